The first-order valence-electron chi connectivity index (χ1n) is 8.74. The molecule has 4 nitrogen and oxygen atoms in total. The lowest BCUT2D eigenvalue weighted by Gasteiger charge is -2.25. The van der Waals surface area contributed by atoms with E-state index in [1.165, 1.54) is 5.56 Å². The zero-order valence-corrected chi connectivity index (χ0v) is 13.9. The molecule has 0 aliphatic carbocycles. The number of carbonyl (C=O) groups excluding carboxylic acids is 1. The van der Waals surface area contributed by atoms with E-state index >= 15 is 0 Å². The molecule has 4 heteroatoms. The molecule has 1 fully saturated rings. The number of benzene rings is 1. The van der Waals surface area contributed by atoms with Crippen molar-refractivity contribution >= 4 is 5.91 Å². The Morgan fingerprint density at radius 1 is 1.25 bits per heavy atom. The van der Waals surface area contributed by atoms with Crippen LogP contribution in [0.25, 0.3) is 0 Å². The molecule has 128 valence electrons. The van der Waals surface area contributed by atoms with Crippen LogP contribution < -0.4 is 10.1 Å². The van der Waals surface area contributed by atoms with Crippen LogP contribution in [-0.2, 0) is 16.0 Å². The number of aryl methyl sites for hydroxylation is 1. The van der Waals surface area contributed by atoms with Gasteiger partial charge in [0, 0.05) is 31.6 Å². The standard InChI is InChI=1S/C20H25NO3/c22-20(21-14-16-12-13-23-15-16)9-3-1-2-7-18-11-10-17-6-4-5-8-19(17)24-18/h1-6,8-9,16,18H,7,10-15H2,(H,21,22)/b2-1+,9-3+. The van der Waals surface area contributed by atoms with Crippen molar-refractivity contribution in [2.75, 3.05) is 19.8 Å². The topological polar surface area (TPSA) is 47.6 Å². The lowest BCUT2D eigenvalue weighted by Crippen LogP contribution is -2.27. The monoisotopic (exact) mass is 327 g/mol. The Labute approximate surface area is 143 Å². The average Bonchev–Trinajstić information content (AvgIpc) is 3.13. The van der Waals surface area contributed by atoms with Gasteiger partial charge in [-0.25, -0.2) is 0 Å². The van der Waals surface area contributed by atoms with E-state index in [2.05, 4.69) is 23.5 Å². The van der Waals surface area contributed by atoms with Crippen molar-refractivity contribution in [1.82, 2.24) is 5.32 Å². The molecule has 2 atom stereocenters. The summed E-state index contributed by atoms with van der Waals surface area (Å²) in [6.45, 7) is 2.27. The van der Waals surface area contributed by atoms with Crippen molar-refractivity contribution in [3.8, 4) is 5.75 Å². The van der Waals surface area contributed by atoms with Crippen molar-refractivity contribution in [1.29, 1.82) is 0 Å². The fourth-order valence-electron chi connectivity index (χ4n) is 3.05. The first-order valence-corrected chi connectivity index (χ1v) is 8.74. The van der Waals surface area contributed by atoms with Crippen molar-refractivity contribution < 1.29 is 14.3 Å². The van der Waals surface area contributed by atoms with Crippen LogP contribution in [0.4, 0.5) is 0 Å². The van der Waals surface area contributed by atoms with E-state index in [0.29, 0.717) is 12.5 Å². The maximum atomic E-state index is 11.7. The van der Waals surface area contributed by atoms with E-state index in [-0.39, 0.29) is 12.0 Å². The summed E-state index contributed by atoms with van der Waals surface area (Å²) in [6, 6.07) is 8.22. The van der Waals surface area contributed by atoms with E-state index in [1.807, 2.05) is 18.2 Å². The maximum Gasteiger partial charge on any atom is 0.243 e. The second-order valence-corrected chi connectivity index (χ2v) is 6.38. The largest absolute Gasteiger partial charge is 0.490 e. The molecule has 2 aliphatic heterocycles. The summed E-state index contributed by atoms with van der Waals surface area (Å²) in [5, 5.41) is 2.91. The van der Waals surface area contributed by atoms with Gasteiger partial charge in [0.05, 0.1) is 6.61 Å². The second kappa shape index (κ2) is 8.69. The van der Waals surface area contributed by atoms with Gasteiger partial charge in [-0.1, -0.05) is 36.4 Å². The zero-order valence-electron chi connectivity index (χ0n) is 13.9. The van der Waals surface area contributed by atoms with E-state index in [9.17, 15) is 4.79 Å². The third kappa shape index (κ3) is 4.96. The van der Waals surface area contributed by atoms with Crippen molar-refractivity contribution in [3.05, 3.63) is 54.1 Å². The minimum atomic E-state index is -0.0469. The van der Waals surface area contributed by atoms with Crippen LogP contribution in [0.1, 0.15) is 24.8 Å². The van der Waals surface area contributed by atoms with Crippen LogP contribution in [0.5, 0.6) is 5.75 Å². The van der Waals surface area contributed by atoms with Gasteiger partial charge >= 0.3 is 0 Å². The zero-order chi connectivity index (χ0) is 16.6. The molecule has 2 aliphatic rings. The minimum absolute atomic E-state index is 0.0469. The number of fused-ring (bicyclic) bond motifs is 1. The van der Waals surface area contributed by atoms with Gasteiger partial charge in [-0.05, 0) is 30.9 Å². The summed E-state index contributed by atoms with van der Waals surface area (Å²) in [7, 11) is 0. The molecule has 0 spiro atoms. The van der Waals surface area contributed by atoms with Gasteiger partial charge in [-0.2, -0.15) is 0 Å². The van der Waals surface area contributed by atoms with E-state index < -0.39 is 0 Å². The lowest BCUT2D eigenvalue weighted by atomic mass is 10.0. The predicted molar refractivity (Wildman–Crippen MR) is 94.0 cm³/mol. The molecule has 1 aromatic carbocycles. The van der Waals surface area contributed by atoms with Crippen LogP contribution in [0, 0.1) is 5.92 Å². The third-order valence-corrected chi connectivity index (χ3v) is 4.48. The van der Waals surface area contributed by atoms with Gasteiger partial charge < -0.3 is 14.8 Å². The summed E-state index contributed by atoms with van der Waals surface area (Å²) in [4.78, 5) is 11.7. The molecular weight excluding hydrogens is 302 g/mol. The summed E-state index contributed by atoms with van der Waals surface area (Å²) >= 11 is 0. The van der Waals surface area contributed by atoms with Crippen LogP contribution in [-0.4, -0.2) is 31.8 Å². The second-order valence-electron chi connectivity index (χ2n) is 6.38. The van der Waals surface area contributed by atoms with Gasteiger partial charge in [0.1, 0.15) is 11.9 Å². The van der Waals surface area contributed by atoms with E-state index in [4.69, 9.17) is 9.47 Å². The number of amides is 1. The number of carbonyl (C=O) groups is 1. The fourth-order valence-corrected chi connectivity index (χ4v) is 3.05. The summed E-state index contributed by atoms with van der Waals surface area (Å²) in [6.07, 6.45) is 11.6. The summed E-state index contributed by atoms with van der Waals surface area (Å²) in [5.41, 5.74) is 1.29. The van der Waals surface area contributed by atoms with Crippen LogP contribution in [0.3, 0.4) is 0 Å². The maximum absolute atomic E-state index is 11.7. The highest BCUT2D eigenvalue weighted by Crippen LogP contribution is 2.28. The minimum Gasteiger partial charge on any atom is -0.490 e. The molecule has 2 heterocycles. The normalized spacial score (nSPS) is 23.3. The Balaban J connectivity index is 1.35. The van der Waals surface area contributed by atoms with Crippen molar-refractivity contribution in [2.45, 2.75) is 31.8 Å². The average molecular weight is 327 g/mol. The van der Waals surface area contributed by atoms with Gasteiger partial charge in [-0.15, -0.1) is 0 Å². The SMILES string of the molecule is O=C(/C=C/C=C/CC1CCc2ccccc2O1)NCC1CCOC1. The Kier molecular flexibility index (Phi) is 6.07. The van der Waals surface area contributed by atoms with Crippen LogP contribution in [0.15, 0.2) is 48.6 Å². The highest BCUT2D eigenvalue weighted by atomic mass is 16.5. The molecule has 0 saturated carbocycles. The Morgan fingerprint density at radius 2 is 2.17 bits per heavy atom. The molecule has 0 radical (unpaired) electrons. The fraction of sp³-hybridized carbons (Fsp3) is 0.450. The Bertz CT molecular complexity index is 603. The number of hydrogen-bond acceptors (Lipinski definition) is 3. The molecule has 0 bridgehead atoms. The number of allylic oxidation sites excluding steroid dienone is 2. The van der Waals surface area contributed by atoms with Crippen molar-refractivity contribution in [3.63, 3.8) is 0 Å². The quantitative estimate of drug-likeness (QED) is 0.645. The van der Waals surface area contributed by atoms with Crippen molar-refractivity contribution in [2.24, 2.45) is 5.92 Å². The summed E-state index contributed by atoms with van der Waals surface area (Å²) < 4.78 is 11.3. The Hall–Kier alpha value is -2.07. The lowest BCUT2D eigenvalue weighted by molar-refractivity contribution is -0.116. The number of para-hydroxylation sites is 1. The highest BCUT2D eigenvalue weighted by molar-refractivity contribution is 5.87. The van der Waals surface area contributed by atoms with Crippen LogP contribution in [0.2, 0.25) is 0 Å². The molecule has 3 rings (SSSR count). The highest BCUT2D eigenvalue weighted by Gasteiger charge is 2.17. The van der Waals surface area contributed by atoms with Crippen LogP contribution >= 0.6 is 0 Å². The number of hydrogen-bond donors (Lipinski definition) is 1. The van der Waals surface area contributed by atoms with Gasteiger partial charge in [0.15, 0.2) is 0 Å². The smallest absolute Gasteiger partial charge is 0.243 e. The molecule has 1 amide bonds. The Morgan fingerprint density at radius 3 is 3.04 bits per heavy atom. The first kappa shape index (κ1) is 16.8. The van der Waals surface area contributed by atoms with Gasteiger partial charge in [0.2, 0.25) is 5.91 Å². The number of nitrogens with one attached hydrogen (secondary N) is 1. The third-order valence-electron chi connectivity index (χ3n) is 4.48. The molecular formula is C20H25NO3. The van der Waals surface area contributed by atoms with E-state index in [1.54, 1.807) is 12.2 Å². The van der Waals surface area contributed by atoms with Gasteiger partial charge in [-0.3, -0.25) is 4.79 Å². The number of ether oxygens (including phenoxy) is 2. The predicted octanol–water partition coefficient (Wildman–Crippen LogP) is 3.04. The van der Waals surface area contributed by atoms with Gasteiger partial charge in [0.25, 0.3) is 0 Å². The molecule has 1 N–H and O–H groups in total. The first-order chi connectivity index (χ1) is 11.8. The van der Waals surface area contributed by atoms with E-state index in [0.717, 1.165) is 44.6 Å². The summed E-state index contributed by atoms with van der Waals surface area (Å²) in [5.74, 6) is 1.42. The molecule has 1 aromatic rings. The molecule has 0 aromatic heterocycles. The molecule has 24 heavy (non-hydrogen) atoms. The molecule has 1 saturated heterocycles. The molecule has 2 unspecified atom stereocenters. The number of rotatable bonds is 6.